The molecule has 0 bridgehead atoms. The molecule has 18 heavy (non-hydrogen) atoms. The zero-order chi connectivity index (χ0) is 13.6. The van der Waals surface area contributed by atoms with Crippen LogP contribution < -0.4 is 0 Å². The number of aliphatic hydroxyl groups is 1. The van der Waals surface area contributed by atoms with Crippen molar-refractivity contribution < 1.29 is 27.6 Å². The molecule has 100 valence electrons. The minimum atomic E-state index is -4.75. The van der Waals surface area contributed by atoms with Crippen LogP contribution in [-0.4, -0.2) is 45.9 Å². The minimum absolute atomic E-state index is 0.126. The summed E-state index contributed by atoms with van der Waals surface area (Å²) in [5.74, 6) is -0.824. The number of carbonyl (C=O) groups excluding carboxylic acids is 1. The topological polar surface area (TPSA) is 66.6 Å². The molecule has 2 rings (SSSR count). The van der Waals surface area contributed by atoms with Crippen molar-refractivity contribution >= 4 is 5.91 Å². The molecule has 1 aliphatic heterocycles. The van der Waals surface area contributed by atoms with Gasteiger partial charge in [0, 0.05) is 19.0 Å². The van der Waals surface area contributed by atoms with E-state index in [-0.39, 0.29) is 12.3 Å². The zero-order valence-electron chi connectivity index (χ0n) is 9.49. The van der Waals surface area contributed by atoms with Crippen molar-refractivity contribution in [3.8, 4) is 0 Å². The summed E-state index contributed by atoms with van der Waals surface area (Å²) in [7, 11) is 0. The Morgan fingerprint density at radius 1 is 1.61 bits per heavy atom. The summed E-state index contributed by atoms with van der Waals surface area (Å²) in [6.07, 6.45) is -5.28. The summed E-state index contributed by atoms with van der Waals surface area (Å²) < 4.78 is 42.4. The largest absolute Gasteiger partial charge is 0.419 e. The predicted octanol–water partition coefficient (Wildman–Crippen LogP) is 1.12. The quantitative estimate of drug-likeness (QED) is 0.825. The summed E-state index contributed by atoms with van der Waals surface area (Å²) in [5.41, 5.74) is -2.37. The molecule has 5 nitrogen and oxygen atoms in total. The van der Waals surface area contributed by atoms with E-state index in [0.717, 1.165) is 4.90 Å². The summed E-state index contributed by atoms with van der Waals surface area (Å²) in [4.78, 5) is 12.7. The van der Waals surface area contributed by atoms with E-state index >= 15 is 0 Å². The first-order valence-electron chi connectivity index (χ1n) is 5.25. The first kappa shape index (κ1) is 12.9. The fraction of sp³-hybridized carbons (Fsp3) is 0.600. The van der Waals surface area contributed by atoms with Gasteiger partial charge in [0.15, 0.2) is 5.60 Å². The van der Waals surface area contributed by atoms with Crippen molar-refractivity contribution in [3.05, 3.63) is 17.5 Å². The number of alkyl halides is 3. The van der Waals surface area contributed by atoms with E-state index in [1.165, 1.54) is 6.07 Å². The standard InChI is InChI=1S/C10H11F3N2O3/c1-6-4-7(18-14-6)8(16)15-3-2-9(17,5-15)10(11,12)13/h4,17H,2-3,5H2,1H3. The fourth-order valence-corrected chi connectivity index (χ4v) is 1.82. The lowest BCUT2D eigenvalue weighted by atomic mass is 10.0. The van der Waals surface area contributed by atoms with Gasteiger partial charge in [0.05, 0.1) is 12.2 Å². The zero-order valence-corrected chi connectivity index (χ0v) is 9.49. The Labute approximate surface area is 100 Å². The summed E-state index contributed by atoms with van der Waals surface area (Å²) >= 11 is 0. The molecule has 1 aromatic rings. The molecule has 0 radical (unpaired) electrons. The number of hydrogen-bond donors (Lipinski definition) is 1. The van der Waals surface area contributed by atoms with Gasteiger partial charge in [0.25, 0.3) is 5.91 Å². The van der Waals surface area contributed by atoms with Crippen LogP contribution in [0.1, 0.15) is 22.7 Å². The highest BCUT2D eigenvalue weighted by Crippen LogP contribution is 2.37. The van der Waals surface area contributed by atoms with Gasteiger partial charge in [-0.25, -0.2) is 0 Å². The van der Waals surface area contributed by atoms with Crippen LogP contribution in [0, 0.1) is 6.92 Å². The lowest BCUT2D eigenvalue weighted by molar-refractivity contribution is -0.253. The van der Waals surface area contributed by atoms with Gasteiger partial charge in [-0.3, -0.25) is 4.79 Å². The maximum Gasteiger partial charge on any atom is 0.419 e. The molecule has 1 aliphatic rings. The van der Waals surface area contributed by atoms with Crippen LogP contribution in [0.2, 0.25) is 0 Å². The lowest BCUT2D eigenvalue weighted by Gasteiger charge is -2.25. The normalized spacial score (nSPS) is 24.6. The SMILES string of the molecule is Cc1cc(C(=O)N2CCC(O)(C(F)(F)F)C2)on1. The molecular formula is C10H11F3N2O3. The molecule has 1 aromatic heterocycles. The molecular weight excluding hydrogens is 253 g/mol. The number of hydrogen-bond acceptors (Lipinski definition) is 4. The number of amides is 1. The fourth-order valence-electron chi connectivity index (χ4n) is 1.82. The first-order chi connectivity index (χ1) is 8.23. The molecule has 2 heterocycles. The van der Waals surface area contributed by atoms with E-state index in [1.807, 2.05) is 0 Å². The predicted molar refractivity (Wildman–Crippen MR) is 52.8 cm³/mol. The van der Waals surface area contributed by atoms with Crippen molar-refractivity contribution in [2.75, 3.05) is 13.1 Å². The Hall–Kier alpha value is -1.57. The van der Waals surface area contributed by atoms with E-state index in [2.05, 4.69) is 9.68 Å². The Balaban J connectivity index is 2.12. The summed E-state index contributed by atoms with van der Waals surface area (Å²) in [6.45, 7) is 0.639. The highest BCUT2D eigenvalue weighted by Gasteiger charge is 2.58. The average molecular weight is 264 g/mol. The van der Waals surface area contributed by atoms with Gasteiger partial charge in [-0.15, -0.1) is 0 Å². The molecule has 0 spiro atoms. The number of aryl methyl sites for hydroxylation is 1. The third-order valence-corrected chi connectivity index (χ3v) is 2.90. The second kappa shape index (κ2) is 3.98. The maximum atomic E-state index is 12.6. The van der Waals surface area contributed by atoms with Crippen molar-refractivity contribution in [1.82, 2.24) is 10.1 Å². The van der Waals surface area contributed by atoms with Crippen LogP contribution in [0.15, 0.2) is 10.6 Å². The van der Waals surface area contributed by atoms with Crippen LogP contribution in [-0.2, 0) is 0 Å². The van der Waals surface area contributed by atoms with Crippen molar-refractivity contribution in [3.63, 3.8) is 0 Å². The third-order valence-electron chi connectivity index (χ3n) is 2.90. The van der Waals surface area contributed by atoms with Crippen molar-refractivity contribution in [2.24, 2.45) is 0 Å². The average Bonchev–Trinajstić information content (AvgIpc) is 2.84. The number of carbonyl (C=O) groups is 1. The summed E-state index contributed by atoms with van der Waals surface area (Å²) in [6, 6.07) is 1.34. The molecule has 1 unspecified atom stereocenters. The molecule has 0 aliphatic carbocycles. The van der Waals surface area contributed by atoms with E-state index < -0.39 is 30.7 Å². The third kappa shape index (κ3) is 2.07. The van der Waals surface area contributed by atoms with E-state index in [1.54, 1.807) is 6.92 Å². The van der Waals surface area contributed by atoms with Crippen molar-refractivity contribution in [1.29, 1.82) is 0 Å². The Kier molecular flexibility index (Phi) is 2.84. The molecule has 1 fully saturated rings. The number of likely N-dealkylation sites (tertiary alicyclic amines) is 1. The van der Waals surface area contributed by atoms with Gasteiger partial charge in [-0.1, -0.05) is 5.16 Å². The van der Waals surface area contributed by atoms with Crippen LogP contribution >= 0.6 is 0 Å². The first-order valence-corrected chi connectivity index (χ1v) is 5.25. The van der Waals surface area contributed by atoms with Crippen molar-refractivity contribution in [2.45, 2.75) is 25.1 Å². The number of rotatable bonds is 1. The molecule has 0 aromatic carbocycles. The van der Waals surface area contributed by atoms with Crippen LogP contribution in [0.5, 0.6) is 0 Å². The van der Waals surface area contributed by atoms with E-state index in [4.69, 9.17) is 0 Å². The lowest BCUT2D eigenvalue weighted by Crippen LogP contribution is -2.48. The van der Waals surface area contributed by atoms with Gasteiger partial charge < -0.3 is 14.5 Å². The number of halogens is 3. The molecule has 1 atom stereocenters. The minimum Gasteiger partial charge on any atom is -0.379 e. The molecule has 1 N–H and O–H groups in total. The highest BCUT2D eigenvalue weighted by molar-refractivity contribution is 5.91. The second-order valence-electron chi connectivity index (χ2n) is 4.34. The molecule has 1 amide bonds. The monoisotopic (exact) mass is 264 g/mol. The Morgan fingerprint density at radius 3 is 2.72 bits per heavy atom. The number of β-amino-alcohol motifs (C(OH)–C–C–N with tert-alkyl or cyclic N) is 1. The highest BCUT2D eigenvalue weighted by atomic mass is 19.4. The Morgan fingerprint density at radius 2 is 2.28 bits per heavy atom. The second-order valence-corrected chi connectivity index (χ2v) is 4.34. The van der Waals surface area contributed by atoms with Crippen LogP contribution in [0.3, 0.4) is 0 Å². The van der Waals surface area contributed by atoms with Crippen LogP contribution in [0.25, 0.3) is 0 Å². The van der Waals surface area contributed by atoms with Gasteiger partial charge in [-0.2, -0.15) is 13.2 Å². The van der Waals surface area contributed by atoms with E-state index in [9.17, 15) is 23.1 Å². The summed E-state index contributed by atoms with van der Waals surface area (Å²) in [5, 5.41) is 12.9. The Bertz CT molecular complexity index is 471. The van der Waals surface area contributed by atoms with Crippen LogP contribution in [0.4, 0.5) is 13.2 Å². The number of aromatic nitrogens is 1. The van der Waals surface area contributed by atoms with Gasteiger partial charge >= 0.3 is 6.18 Å². The molecule has 0 saturated carbocycles. The van der Waals surface area contributed by atoms with Gasteiger partial charge in [-0.05, 0) is 6.92 Å². The van der Waals surface area contributed by atoms with E-state index in [0.29, 0.717) is 5.69 Å². The van der Waals surface area contributed by atoms with Gasteiger partial charge in [0.1, 0.15) is 0 Å². The number of nitrogens with zero attached hydrogens (tertiary/aromatic N) is 2. The molecule has 8 heteroatoms. The molecule has 1 saturated heterocycles. The maximum absolute atomic E-state index is 12.6. The van der Waals surface area contributed by atoms with Gasteiger partial charge in [0.2, 0.25) is 5.76 Å². The smallest absolute Gasteiger partial charge is 0.379 e.